The average Bonchev–Trinajstić information content (AvgIpc) is 2.41. The van der Waals surface area contributed by atoms with Crippen LogP contribution >= 0.6 is 23.2 Å². The van der Waals surface area contributed by atoms with Gasteiger partial charge >= 0.3 is 0 Å². The molecule has 108 valence electrons. The Balaban J connectivity index is 2.31. The van der Waals surface area contributed by atoms with E-state index in [-0.39, 0.29) is 0 Å². The number of hydrogen-bond donors (Lipinski definition) is 1. The van der Waals surface area contributed by atoms with Gasteiger partial charge in [-0.05, 0) is 37.4 Å². The van der Waals surface area contributed by atoms with E-state index < -0.39 is 0 Å². The molecule has 0 unspecified atom stereocenters. The van der Waals surface area contributed by atoms with Gasteiger partial charge in [0.1, 0.15) is 5.75 Å². The molecule has 1 rings (SSSR count). The minimum absolute atomic E-state index is 0.611. The van der Waals surface area contributed by atoms with Crippen molar-refractivity contribution in [1.82, 2.24) is 5.32 Å². The number of ether oxygens (including phenoxy) is 2. The van der Waals surface area contributed by atoms with Crippen LogP contribution in [0.1, 0.15) is 18.4 Å². The molecular formula is C14H21Cl2NO2. The number of methoxy groups -OCH3 is 2. The van der Waals surface area contributed by atoms with Gasteiger partial charge in [0, 0.05) is 24.7 Å². The summed E-state index contributed by atoms with van der Waals surface area (Å²) >= 11 is 12.3. The van der Waals surface area contributed by atoms with Gasteiger partial charge in [0.25, 0.3) is 0 Å². The van der Waals surface area contributed by atoms with Gasteiger partial charge in [-0.25, -0.2) is 0 Å². The molecule has 0 heterocycles. The Hall–Kier alpha value is -0.480. The van der Waals surface area contributed by atoms with E-state index in [1.807, 2.05) is 6.07 Å². The molecule has 0 saturated heterocycles. The molecule has 0 aliphatic heterocycles. The molecule has 3 nitrogen and oxygen atoms in total. The average molecular weight is 306 g/mol. The SMILES string of the molecule is COCCNCCCCc1cc(Cl)c(OC)cc1Cl. The van der Waals surface area contributed by atoms with Crippen molar-refractivity contribution in [2.45, 2.75) is 19.3 Å². The van der Waals surface area contributed by atoms with E-state index in [2.05, 4.69) is 5.32 Å². The minimum Gasteiger partial charge on any atom is -0.495 e. The van der Waals surface area contributed by atoms with E-state index in [0.717, 1.165) is 44.5 Å². The normalized spacial score (nSPS) is 10.7. The molecule has 19 heavy (non-hydrogen) atoms. The van der Waals surface area contributed by atoms with Gasteiger partial charge in [0.05, 0.1) is 18.7 Å². The molecule has 0 fully saturated rings. The third-order valence-electron chi connectivity index (χ3n) is 2.85. The van der Waals surface area contributed by atoms with Crippen molar-refractivity contribution < 1.29 is 9.47 Å². The fourth-order valence-corrected chi connectivity index (χ4v) is 2.29. The van der Waals surface area contributed by atoms with Gasteiger partial charge < -0.3 is 14.8 Å². The minimum atomic E-state index is 0.611. The second-order valence-corrected chi connectivity index (χ2v) is 5.09. The molecule has 0 bridgehead atoms. The Morgan fingerprint density at radius 1 is 1.05 bits per heavy atom. The lowest BCUT2D eigenvalue weighted by molar-refractivity contribution is 0.199. The summed E-state index contributed by atoms with van der Waals surface area (Å²) in [5.74, 6) is 0.622. The van der Waals surface area contributed by atoms with Crippen LogP contribution in [0.3, 0.4) is 0 Å². The number of nitrogens with one attached hydrogen (secondary N) is 1. The smallest absolute Gasteiger partial charge is 0.138 e. The highest BCUT2D eigenvalue weighted by atomic mass is 35.5. The van der Waals surface area contributed by atoms with E-state index in [0.29, 0.717) is 15.8 Å². The monoisotopic (exact) mass is 305 g/mol. The lowest BCUT2D eigenvalue weighted by Crippen LogP contribution is -2.20. The van der Waals surface area contributed by atoms with E-state index in [1.165, 1.54) is 0 Å². The van der Waals surface area contributed by atoms with Crippen molar-refractivity contribution in [2.75, 3.05) is 33.9 Å². The van der Waals surface area contributed by atoms with E-state index in [9.17, 15) is 0 Å². The maximum Gasteiger partial charge on any atom is 0.138 e. The van der Waals surface area contributed by atoms with Crippen molar-refractivity contribution in [2.24, 2.45) is 0 Å². The molecule has 1 N–H and O–H groups in total. The van der Waals surface area contributed by atoms with Crippen LogP contribution in [0.25, 0.3) is 0 Å². The van der Waals surface area contributed by atoms with E-state index in [4.69, 9.17) is 32.7 Å². The molecule has 1 aromatic carbocycles. The van der Waals surface area contributed by atoms with Crippen molar-refractivity contribution in [3.8, 4) is 5.75 Å². The quantitative estimate of drug-likeness (QED) is 0.708. The zero-order valence-electron chi connectivity index (χ0n) is 11.5. The fourth-order valence-electron chi connectivity index (χ4n) is 1.78. The molecule has 0 aromatic heterocycles. The van der Waals surface area contributed by atoms with Gasteiger partial charge in [-0.15, -0.1) is 0 Å². The number of unbranched alkanes of at least 4 members (excludes halogenated alkanes) is 1. The predicted octanol–water partition coefficient (Wildman–Crippen LogP) is 3.56. The Bertz CT molecular complexity index is 386. The largest absolute Gasteiger partial charge is 0.495 e. The number of hydrogen-bond acceptors (Lipinski definition) is 3. The standard InChI is InChI=1S/C14H21Cl2NO2/c1-18-8-7-17-6-4-3-5-11-9-13(16)14(19-2)10-12(11)15/h9-10,17H,3-8H2,1-2H3. The Morgan fingerprint density at radius 2 is 1.84 bits per heavy atom. The molecule has 1 aromatic rings. The predicted molar refractivity (Wildman–Crippen MR) is 80.7 cm³/mol. The molecule has 5 heteroatoms. The van der Waals surface area contributed by atoms with Gasteiger partial charge in [-0.1, -0.05) is 23.2 Å². The van der Waals surface area contributed by atoms with E-state index in [1.54, 1.807) is 20.3 Å². The van der Waals surface area contributed by atoms with Crippen LogP contribution in [-0.2, 0) is 11.2 Å². The Labute approximate surface area is 125 Å². The van der Waals surface area contributed by atoms with Crippen molar-refractivity contribution in [3.05, 3.63) is 27.7 Å². The summed E-state index contributed by atoms with van der Waals surface area (Å²) in [6, 6.07) is 3.66. The molecule has 0 saturated carbocycles. The fraction of sp³-hybridized carbons (Fsp3) is 0.571. The van der Waals surface area contributed by atoms with Crippen molar-refractivity contribution in [3.63, 3.8) is 0 Å². The lowest BCUT2D eigenvalue weighted by Gasteiger charge is -2.09. The summed E-state index contributed by atoms with van der Waals surface area (Å²) in [7, 11) is 3.29. The second-order valence-electron chi connectivity index (χ2n) is 4.28. The van der Waals surface area contributed by atoms with Gasteiger partial charge in [0.2, 0.25) is 0 Å². The molecular weight excluding hydrogens is 285 g/mol. The van der Waals surface area contributed by atoms with Crippen LogP contribution in [0.2, 0.25) is 10.0 Å². The number of benzene rings is 1. The van der Waals surface area contributed by atoms with Gasteiger partial charge in [-0.3, -0.25) is 0 Å². The molecule has 0 aliphatic rings. The Morgan fingerprint density at radius 3 is 2.53 bits per heavy atom. The number of rotatable bonds is 9. The third kappa shape index (κ3) is 6.00. The van der Waals surface area contributed by atoms with Crippen LogP contribution in [-0.4, -0.2) is 33.9 Å². The summed E-state index contributed by atoms with van der Waals surface area (Å²) in [5.41, 5.74) is 1.07. The van der Waals surface area contributed by atoms with Crippen LogP contribution < -0.4 is 10.1 Å². The molecule has 0 amide bonds. The molecule has 0 atom stereocenters. The van der Waals surface area contributed by atoms with Gasteiger partial charge in [-0.2, -0.15) is 0 Å². The first-order chi connectivity index (χ1) is 9.19. The molecule has 0 spiro atoms. The summed E-state index contributed by atoms with van der Waals surface area (Å²) in [5, 5.41) is 4.64. The van der Waals surface area contributed by atoms with E-state index >= 15 is 0 Å². The summed E-state index contributed by atoms with van der Waals surface area (Å²) in [6.07, 6.45) is 3.10. The van der Waals surface area contributed by atoms with Crippen LogP contribution in [0.5, 0.6) is 5.75 Å². The van der Waals surface area contributed by atoms with Crippen molar-refractivity contribution in [1.29, 1.82) is 0 Å². The first kappa shape index (κ1) is 16.6. The zero-order valence-corrected chi connectivity index (χ0v) is 13.0. The highest BCUT2D eigenvalue weighted by molar-refractivity contribution is 6.34. The maximum atomic E-state index is 6.19. The lowest BCUT2D eigenvalue weighted by atomic mass is 10.1. The van der Waals surface area contributed by atoms with Crippen molar-refractivity contribution >= 4 is 23.2 Å². The summed E-state index contributed by atoms with van der Waals surface area (Å²) in [4.78, 5) is 0. The molecule has 0 aliphatic carbocycles. The second kappa shape index (κ2) is 9.43. The van der Waals surface area contributed by atoms with Crippen LogP contribution in [0.4, 0.5) is 0 Å². The topological polar surface area (TPSA) is 30.5 Å². The number of halogens is 2. The number of aryl methyl sites for hydroxylation is 1. The highest BCUT2D eigenvalue weighted by Gasteiger charge is 2.07. The highest BCUT2D eigenvalue weighted by Crippen LogP contribution is 2.31. The first-order valence-corrected chi connectivity index (χ1v) is 7.16. The third-order valence-corrected chi connectivity index (χ3v) is 3.50. The first-order valence-electron chi connectivity index (χ1n) is 6.40. The maximum absolute atomic E-state index is 6.19. The zero-order chi connectivity index (χ0) is 14.1. The summed E-state index contributed by atoms with van der Waals surface area (Å²) < 4.78 is 10.1. The Kier molecular flexibility index (Phi) is 8.22. The molecule has 0 radical (unpaired) electrons. The van der Waals surface area contributed by atoms with Crippen LogP contribution in [0, 0.1) is 0 Å². The van der Waals surface area contributed by atoms with Crippen LogP contribution in [0.15, 0.2) is 12.1 Å². The summed E-state index contributed by atoms with van der Waals surface area (Å²) in [6.45, 7) is 2.64. The van der Waals surface area contributed by atoms with Gasteiger partial charge in [0.15, 0.2) is 0 Å².